The van der Waals surface area contributed by atoms with Crippen LogP contribution in [0.2, 0.25) is 0 Å². The van der Waals surface area contributed by atoms with Crippen LogP contribution in [0.1, 0.15) is 26.3 Å². The van der Waals surface area contributed by atoms with Gasteiger partial charge < -0.3 is 24.0 Å². The van der Waals surface area contributed by atoms with Crippen molar-refractivity contribution < 1.29 is 23.9 Å². The molecule has 0 saturated carbocycles. The average molecular weight is 458 g/mol. The number of likely N-dealkylation sites (N-methyl/N-ethyl adjacent to an activating group) is 1. The maximum atomic E-state index is 12.3. The number of para-hydroxylation sites is 1. The fourth-order valence-electron chi connectivity index (χ4n) is 3.69. The molecule has 0 N–H and O–H groups in total. The van der Waals surface area contributed by atoms with Gasteiger partial charge in [0.05, 0.1) is 24.2 Å². The van der Waals surface area contributed by atoms with Crippen molar-refractivity contribution in [3.05, 3.63) is 58.1 Å². The number of amides is 1. The molecule has 1 heterocycles. The predicted octanol–water partition coefficient (Wildman–Crippen LogP) is 4.77. The van der Waals surface area contributed by atoms with Crippen molar-refractivity contribution in [1.29, 1.82) is 0 Å². The summed E-state index contributed by atoms with van der Waals surface area (Å²) in [6.45, 7) is 8.81. The summed E-state index contributed by atoms with van der Waals surface area (Å²) in [7, 11) is 1.65. The summed E-state index contributed by atoms with van der Waals surface area (Å²) in [6.07, 6.45) is -0.766. The van der Waals surface area contributed by atoms with Crippen LogP contribution in [0, 0.1) is 17.0 Å². The summed E-state index contributed by atoms with van der Waals surface area (Å²) in [5.74, 6) is 1.20. The Hall–Kier alpha value is -3.33. The Morgan fingerprint density at radius 2 is 1.94 bits per heavy atom. The minimum absolute atomic E-state index is 0.00839. The van der Waals surface area contributed by atoms with E-state index in [2.05, 4.69) is 0 Å². The van der Waals surface area contributed by atoms with Crippen molar-refractivity contribution in [3.63, 3.8) is 0 Å². The van der Waals surface area contributed by atoms with Gasteiger partial charge in [0.1, 0.15) is 22.8 Å². The summed E-state index contributed by atoms with van der Waals surface area (Å²) < 4.78 is 17.3. The third-order valence-corrected chi connectivity index (χ3v) is 5.17. The van der Waals surface area contributed by atoms with E-state index in [1.54, 1.807) is 13.1 Å². The van der Waals surface area contributed by atoms with Crippen molar-refractivity contribution in [2.75, 3.05) is 38.2 Å². The fourth-order valence-corrected chi connectivity index (χ4v) is 3.69. The van der Waals surface area contributed by atoms with Gasteiger partial charge in [-0.25, -0.2) is 4.79 Å². The van der Waals surface area contributed by atoms with E-state index in [4.69, 9.17) is 14.2 Å². The molecule has 9 heteroatoms. The number of carbonyl (C=O) groups excluding carboxylic acids is 1. The number of carbonyl (C=O) groups is 1. The molecule has 1 amide bonds. The smallest absolute Gasteiger partial charge is 0.410 e. The number of nitro groups is 1. The zero-order chi connectivity index (χ0) is 24.2. The summed E-state index contributed by atoms with van der Waals surface area (Å²) in [4.78, 5) is 27.2. The number of hydrogen-bond donors (Lipinski definition) is 0. The number of ether oxygens (including phenoxy) is 3. The standard InChI is InChI=1S/C24H31N3O6/c1-17-21(32-18-9-7-6-8-10-18)12-11-20(27(29)30)22(17)26-13-14-31-19(16-26)15-25(5)23(28)33-24(2,3)4/h6-12,19H,13-16H2,1-5H3/t19-/m0/s1. The van der Waals surface area contributed by atoms with Crippen molar-refractivity contribution in [2.45, 2.75) is 39.4 Å². The first kappa shape index (κ1) is 24.3. The number of morpholine rings is 1. The maximum Gasteiger partial charge on any atom is 0.410 e. The molecule has 2 aromatic rings. The number of anilines is 1. The van der Waals surface area contributed by atoms with Crippen molar-refractivity contribution >= 4 is 17.5 Å². The lowest BCUT2D eigenvalue weighted by molar-refractivity contribution is -0.384. The zero-order valence-corrected chi connectivity index (χ0v) is 19.7. The monoisotopic (exact) mass is 457 g/mol. The summed E-state index contributed by atoms with van der Waals surface area (Å²) in [5, 5.41) is 11.8. The molecule has 1 aliphatic heterocycles. The predicted molar refractivity (Wildman–Crippen MR) is 125 cm³/mol. The summed E-state index contributed by atoms with van der Waals surface area (Å²) in [5.41, 5.74) is 0.590. The van der Waals surface area contributed by atoms with Gasteiger partial charge in [-0.1, -0.05) is 18.2 Å². The molecule has 0 aromatic heterocycles. The van der Waals surface area contributed by atoms with Gasteiger partial charge >= 0.3 is 6.09 Å². The molecule has 1 saturated heterocycles. The van der Waals surface area contributed by atoms with Crippen LogP contribution in [0.3, 0.4) is 0 Å². The SMILES string of the molecule is Cc1c(Oc2ccccc2)ccc([N+](=O)[O-])c1N1CCO[C@@H](CN(C)C(=O)OC(C)(C)C)C1. The van der Waals surface area contributed by atoms with Crippen LogP contribution in [0.5, 0.6) is 11.5 Å². The van der Waals surface area contributed by atoms with Crippen LogP contribution in [0.25, 0.3) is 0 Å². The summed E-state index contributed by atoms with van der Waals surface area (Å²) in [6, 6.07) is 12.4. The number of nitrogens with zero attached hydrogens (tertiary/aromatic N) is 3. The second kappa shape index (κ2) is 10.1. The van der Waals surface area contributed by atoms with Crippen LogP contribution in [-0.2, 0) is 9.47 Å². The van der Waals surface area contributed by atoms with Crippen molar-refractivity contribution in [1.82, 2.24) is 4.90 Å². The first-order valence-corrected chi connectivity index (χ1v) is 10.9. The quantitative estimate of drug-likeness (QED) is 0.456. The second-order valence-corrected chi connectivity index (χ2v) is 9.03. The molecular formula is C24H31N3O6. The molecule has 0 spiro atoms. The van der Waals surface area contributed by atoms with E-state index in [1.807, 2.05) is 62.9 Å². The molecule has 2 aromatic carbocycles. The molecule has 0 unspecified atom stereocenters. The molecule has 9 nitrogen and oxygen atoms in total. The Morgan fingerprint density at radius 3 is 2.58 bits per heavy atom. The number of rotatable bonds is 6. The van der Waals surface area contributed by atoms with E-state index >= 15 is 0 Å². The molecule has 1 fully saturated rings. The van der Waals surface area contributed by atoms with Gasteiger partial charge in [-0.05, 0) is 45.9 Å². The lowest BCUT2D eigenvalue weighted by Crippen LogP contribution is -2.49. The van der Waals surface area contributed by atoms with Crippen LogP contribution in [-0.4, -0.2) is 60.9 Å². The number of benzene rings is 2. The minimum Gasteiger partial charge on any atom is -0.457 e. The highest BCUT2D eigenvalue weighted by Crippen LogP contribution is 2.39. The van der Waals surface area contributed by atoms with Crippen molar-refractivity contribution in [2.24, 2.45) is 0 Å². The maximum absolute atomic E-state index is 12.3. The van der Waals surface area contributed by atoms with E-state index in [0.717, 1.165) is 0 Å². The van der Waals surface area contributed by atoms with E-state index < -0.39 is 11.7 Å². The minimum atomic E-state index is -0.596. The normalized spacial score (nSPS) is 16.3. The molecule has 178 valence electrons. The first-order valence-electron chi connectivity index (χ1n) is 10.9. The largest absolute Gasteiger partial charge is 0.457 e. The number of hydrogen-bond acceptors (Lipinski definition) is 7. The van der Waals surface area contributed by atoms with E-state index in [1.165, 1.54) is 11.0 Å². The molecule has 1 atom stereocenters. The Morgan fingerprint density at radius 1 is 1.24 bits per heavy atom. The Balaban J connectivity index is 1.81. The molecular weight excluding hydrogens is 426 g/mol. The van der Waals surface area contributed by atoms with Gasteiger partial charge in [0, 0.05) is 31.8 Å². The Kier molecular flexibility index (Phi) is 7.43. The number of nitro benzene ring substituents is 1. The van der Waals surface area contributed by atoms with Gasteiger partial charge in [0.2, 0.25) is 0 Å². The molecule has 0 radical (unpaired) electrons. The van der Waals surface area contributed by atoms with Crippen LogP contribution in [0.15, 0.2) is 42.5 Å². The van der Waals surface area contributed by atoms with Gasteiger partial charge in [-0.2, -0.15) is 0 Å². The highest BCUT2D eigenvalue weighted by atomic mass is 16.6. The topological polar surface area (TPSA) is 94.4 Å². The molecule has 3 rings (SSSR count). The van der Waals surface area contributed by atoms with Crippen LogP contribution in [0.4, 0.5) is 16.2 Å². The lowest BCUT2D eigenvalue weighted by Gasteiger charge is -2.36. The second-order valence-electron chi connectivity index (χ2n) is 9.03. The van der Waals surface area contributed by atoms with Crippen LogP contribution < -0.4 is 9.64 Å². The Bertz CT molecular complexity index is 990. The highest BCUT2D eigenvalue weighted by Gasteiger charge is 2.31. The third-order valence-electron chi connectivity index (χ3n) is 5.17. The van der Waals surface area contributed by atoms with Gasteiger partial charge in [0.15, 0.2) is 0 Å². The zero-order valence-electron chi connectivity index (χ0n) is 19.7. The van der Waals surface area contributed by atoms with Crippen LogP contribution >= 0.6 is 0 Å². The molecule has 0 aliphatic carbocycles. The average Bonchev–Trinajstić information content (AvgIpc) is 2.74. The fraction of sp³-hybridized carbons (Fsp3) is 0.458. The Labute approximate surface area is 194 Å². The first-order chi connectivity index (χ1) is 15.5. The third kappa shape index (κ3) is 6.35. The van der Waals surface area contributed by atoms with Gasteiger partial charge in [0.25, 0.3) is 5.69 Å². The highest BCUT2D eigenvalue weighted by molar-refractivity contribution is 5.72. The van der Waals surface area contributed by atoms with Gasteiger partial charge in [-0.15, -0.1) is 0 Å². The van der Waals surface area contributed by atoms with Crippen molar-refractivity contribution in [3.8, 4) is 11.5 Å². The van der Waals surface area contributed by atoms with Gasteiger partial charge in [-0.3, -0.25) is 10.1 Å². The summed E-state index contributed by atoms with van der Waals surface area (Å²) >= 11 is 0. The van der Waals surface area contributed by atoms with E-state index in [-0.39, 0.29) is 16.7 Å². The lowest BCUT2D eigenvalue weighted by atomic mass is 10.1. The van der Waals surface area contributed by atoms with E-state index in [0.29, 0.717) is 49.0 Å². The molecule has 33 heavy (non-hydrogen) atoms. The van der Waals surface area contributed by atoms with E-state index in [9.17, 15) is 14.9 Å². The molecule has 1 aliphatic rings. The molecule has 0 bridgehead atoms.